The van der Waals surface area contributed by atoms with Crippen LogP contribution in [0.3, 0.4) is 0 Å². The second kappa shape index (κ2) is 5.02. The number of anilines is 1. The van der Waals surface area contributed by atoms with Crippen LogP contribution in [0.15, 0.2) is 18.3 Å². The summed E-state index contributed by atoms with van der Waals surface area (Å²) in [6.45, 7) is 7.42. The Morgan fingerprint density at radius 1 is 1.47 bits per heavy atom. The van der Waals surface area contributed by atoms with Gasteiger partial charge in [-0.2, -0.15) is 0 Å². The Balaban J connectivity index is 2.14. The molecule has 1 aromatic rings. The van der Waals surface area contributed by atoms with Crippen molar-refractivity contribution in [2.75, 3.05) is 31.6 Å². The lowest BCUT2D eigenvalue weighted by Crippen LogP contribution is -2.50. The van der Waals surface area contributed by atoms with E-state index in [0.717, 1.165) is 31.0 Å². The lowest BCUT2D eigenvalue weighted by atomic mass is 10.1. The van der Waals surface area contributed by atoms with Crippen LogP contribution in [0, 0.1) is 0 Å². The van der Waals surface area contributed by atoms with Crippen molar-refractivity contribution in [2.24, 2.45) is 5.73 Å². The van der Waals surface area contributed by atoms with E-state index in [1.165, 1.54) is 0 Å². The maximum atomic E-state index is 5.91. The zero-order chi connectivity index (χ0) is 12.4. The molecule has 2 unspecified atom stereocenters. The first-order chi connectivity index (χ1) is 8.08. The highest BCUT2D eigenvalue weighted by molar-refractivity contribution is 5.42. The Labute approximate surface area is 103 Å². The molecule has 1 saturated heterocycles. The summed E-state index contributed by atoms with van der Waals surface area (Å²) in [5.41, 5.74) is 7.06. The van der Waals surface area contributed by atoms with Gasteiger partial charge in [0, 0.05) is 37.9 Å². The highest BCUT2D eigenvalue weighted by Crippen LogP contribution is 2.19. The number of hydrogen-bond donors (Lipinski definition) is 1. The number of nitrogens with two attached hydrogens (primary N) is 1. The number of likely N-dealkylation sites (N-methyl/N-ethyl adjacent to an activating group) is 1. The van der Waals surface area contributed by atoms with Gasteiger partial charge in [-0.1, -0.05) is 0 Å². The van der Waals surface area contributed by atoms with E-state index in [2.05, 4.69) is 34.8 Å². The van der Waals surface area contributed by atoms with Crippen molar-refractivity contribution in [1.29, 1.82) is 0 Å². The predicted octanol–water partition coefficient (Wildman–Crippen LogP) is 1.24. The largest absolute Gasteiger partial charge is 0.354 e. The molecular weight excluding hydrogens is 212 g/mol. The third-order valence-electron chi connectivity index (χ3n) is 3.58. The molecule has 17 heavy (non-hydrogen) atoms. The molecular formula is C13H22N4. The monoisotopic (exact) mass is 234 g/mol. The quantitative estimate of drug-likeness (QED) is 0.836. The van der Waals surface area contributed by atoms with E-state index in [4.69, 9.17) is 5.73 Å². The molecule has 2 atom stereocenters. The van der Waals surface area contributed by atoms with Crippen LogP contribution >= 0.6 is 0 Å². The fourth-order valence-electron chi connectivity index (χ4n) is 2.15. The molecule has 1 aliphatic rings. The molecule has 1 fully saturated rings. The lowest BCUT2D eigenvalue weighted by molar-refractivity contribution is 0.233. The van der Waals surface area contributed by atoms with Gasteiger partial charge in [0.2, 0.25) is 0 Å². The lowest BCUT2D eigenvalue weighted by Gasteiger charge is -2.38. The standard InChI is InChI=1S/C13H22N4/c1-10-9-17(7-6-16(10)3)13-8-12(11(2)14)4-5-15-13/h4-5,8,10-11H,6-7,9,14H2,1-3H3. The van der Waals surface area contributed by atoms with Crippen molar-refractivity contribution in [3.63, 3.8) is 0 Å². The number of rotatable bonds is 2. The first kappa shape index (κ1) is 12.3. The van der Waals surface area contributed by atoms with Gasteiger partial charge in [0.25, 0.3) is 0 Å². The molecule has 1 aromatic heterocycles. The van der Waals surface area contributed by atoms with Gasteiger partial charge >= 0.3 is 0 Å². The summed E-state index contributed by atoms with van der Waals surface area (Å²) in [6, 6.07) is 4.75. The zero-order valence-corrected chi connectivity index (χ0v) is 10.9. The van der Waals surface area contributed by atoms with E-state index in [1.54, 1.807) is 0 Å². The van der Waals surface area contributed by atoms with Crippen molar-refractivity contribution >= 4 is 5.82 Å². The topological polar surface area (TPSA) is 45.4 Å². The van der Waals surface area contributed by atoms with Crippen LogP contribution < -0.4 is 10.6 Å². The van der Waals surface area contributed by atoms with Crippen LogP contribution in [0.1, 0.15) is 25.5 Å². The van der Waals surface area contributed by atoms with E-state index < -0.39 is 0 Å². The van der Waals surface area contributed by atoms with Crippen molar-refractivity contribution in [1.82, 2.24) is 9.88 Å². The highest BCUT2D eigenvalue weighted by atomic mass is 15.3. The van der Waals surface area contributed by atoms with Gasteiger partial charge in [0.05, 0.1) is 0 Å². The summed E-state index contributed by atoms with van der Waals surface area (Å²) in [6.07, 6.45) is 1.86. The maximum absolute atomic E-state index is 5.91. The molecule has 1 aliphatic heterocycles. The van der Waals surface area contributed by atoms with Crippen LogP contribution in [0.4, 0.5) is 5.82 Å². The fourth-order valence-corrected chi connectivity index (χ4v) is 2.15. The van der Waals surface area contributed by atoms with E-state index in [1.807, 2.05) is 19.2 Å². The third kappa shape index (κ3) is 2.76. The van der Waals surface area contributed by atoms with Gasteiger partial charge in [-0.05, 0) is 38.6 Å². The summed E-state index contributed by atoms with van der Waals surface area (Å²) in [5.74, 6) is 1.06. The first-order valence-corrected chi connectivity index (χ1v) is 6.24. The predicted molar refractivity (Wildman–Crippen MR) is 71.1 cm³/mol. The van der Waals surface area contributed by atoms with E-state index in [9.17, 15) is 0 Å². The summed E-state index contributed by atoms with van der Waals surface area (Å²) in [7, 11) is 2.17. The van der Waals surface area contributed by atoms with Gasteiger partial charge in [-0.3, -0.25) is 0 Å². The van der Waals surface area contributed by atoms with Gasteiger partial charge in [0.1, 0.15) is 5.82 Å². The van der Waals surface area contributed by atoms with Crippen molar-refractivity contribution < 1.29 is 0 Å². The summed E-state index contributed by atoms with van der Waals surface area (Å²) in [4.78, 5) is 9.18. The first-order valence-electron chi connectivity index (χ1n) is 6.24. The highest BCUT2D eigenvalue weighted by Gasteiger charge is 2.21. The Hall–Kier alpha value is -1.13. The number of piperazine rings is 1. The van der Waals surface area contributed by atoms with E-state index in [-0.39, 0.29) is 6.04 Å². The number of aromatic nitrogens is 1. The Morgan fingerprint density at radius 2 is 2.24 bits per heavy atom. The van der Waals surface area contributed by atoms with Crippen LogP contribution in [-0.4, -0.2) is 42.6 Å². The van der Waals surface area contributed by atoms with Crippen LogP contribution in [0.5, 0.6) is 0 Å². The molecule has 0 radical (unpaired) electrons. The van der Waals surface area contributed by atoms with Gasteiger partial charge in [0.15, 0.2) is 0 Å². The Kier molecular flexibility index (Phi) is 3.64. The van der Waals surface area contributed by atoms with Gasteiger partial charge < -0.3 is 15.5 Å². The van der Waals surface area contributed by atoms with Crippen molar-refractivity contribution in [3.8, 4) is 0 Å². The molecule has 0 aliphatic carbocycles. The smallest absolute Gasteiger partial charge is 0.128 e. The summed E-state index contributed by atoms with van der Waals surface area (Å²) in [5, 5.41) is 0. The molecule has 2 heterocycles. The SMILES string of the molecule is CC(N)c1ccnc(N2CCN(C)C(C)C2)c1. The number of nitrogens with zero attached hydrogens (tertiary/aromatic N) is 3. The Morgan fingerprint density at radius 3 is 2.88 bits per heavy atom. The molecule has 0 amide bonds. The average molecular weight is 234 g/mol. The second-order valence-electron chi connectivity index (χ2n) is 5.01. The Bertz CT molecular complexity index is 377. The molecule has 0 spiro atoms. The molecule has 4 heteroatoms. The summed E-state index contributed by atoms with van der Waals surface area (Å²) >= 11 is 0. The maximum Gasteiger partial charge on any atom is 0.128 e. The number of pyridine rings is 1. The third-order valence-corrected chi connectivity index (χ3v) is 3.58. The van der Waals surface area contributed by atoms with Gasteiger partial charge in [-0.15, -0.1) is 0 Å². The summed E-state index contributed by atoms with van der Waals surface area (Å²) < 4.78 is 0. The molecule has 4 nitrogen and oxygen atoms in total. The zero-order valence-electron chi connectivity index (χ0n) is 10.9. The molecule has 0 aromatic carbocycles. The van der Waals surface area contributed by atoms with E-state index in [0.29, 0.717) is 6.04 Å². The molecule has 94 valence electrons. The number of hydrogen-bond acceptors (Lipinski definition) is 4. The second-order valence-corrected chi connectivity index (χ2v) is 5.01. The minimum Gasteiger partial charge on any atom is -0.354 e. The molecule has 0 bridgehead atoms. The van der Waals surface area contributed by atoms with E-state index >= 15 is 0 Å². The molecule has 0 saturated carbocycles. The fraction of sp³-hybridized carbons (Fsp3) is 0.615. The molecule has 2 rings (SSSR count). The average Bonchev–Trinajstić information content (AvgIpc) is 2.33. The van der Waals surface area contributed by atoms with Crippen LogP contribution in [0.25, 0.3) is 0 Å². The minimum absolute atomic E-state index is 0.0710. The minimum atomic E-state index is 0.0710. The van der Waals surface area contributed by atoms with Crippen molar-refractivity contribution in [2.45, 2.75) is 25.9 Å². The van der Waals surface area contributed by atoms with Gasteiger partial charge in [-0.25, -0.2) is 4.98 Å². The molecule has 2 N–H and O–H groups in total. The van der Waals surface area contributed by atoms with Crippen LogP contribution in [-0.2, 0) is 0 Å². The van der Waals surface area contributed by atoms with Crippen molar-refractivity contribution in [3.05, 3.63) is 23.9 Å². The normalized spacial score (nSPS) is 23.8. The van der Waals surface area contributed by atoms with Crippen LogP contribution in [0.2, 0.25) is 0 Å².